The molecule has 0 heterocycles. The van der Waals surface area contributed by atoms with E-state index < -0.39 is 0 Å². The smallest absolute Gasteiger partial charge is 0.102 e. The molecule has 0 spiro atoms. The number of hydrogen-bond acceptors (Lipinski definition) is 2. The van der Waals surface area contributed by atoms with Gasteiger partial charge in [0.1, 0.15) is 12.1 Å². The van der Waals surface area contributed by atoms with E-state index in [0.29, 0.717) is 11.1 Å². The van der Waals surface area contributed by atoms with Crippen molar-refractivity contribution in [3.8, 4) is 12.1 Å². The van der Waals surface area contributed by atoms with E-state index in [4.69, 9.17) is 10.5 Å². The molecule has 3 heteroatoms. The van der Waals surface area contributed by atoms with Gasteiger partial charge in [0.15, 0.2) is 0 Å². The van der Waals surface area contributed by atoms with Gasteiger partial charge in [-0.1, -0.05) is 0 Å². The summed E-state index contributed by atoms with van der Waals surface area (Å²) in [5.41, 5.74) is 4.14. The van der Waals surface area contributed by atoms with Crippen LogP contribution >= 0.6 is 22.6 Å². The Morgan fingerprint density at radius 2 is 1.36 bits per heavy atom. The van der Waals surface area contributed by atoms with Crippen LogP contribution in [-0.4, -0.2) is 0 Å². The number of benzene rings is 1. The van der Waals surface area contributed by atoms with Crippen LogP contribution in [-0.2, 0) is 0 Å². The Morgan fingerprint density at radius 3 is 1.79 bits per heavy atom. The first kappa shape index (κ1) is 11.0. The van der Waals surface area contributed by atoms with Gasteiger partial charge in [0.25, 0.3) is 0 Å². The maximum atomic E-state index is 8.97. The van der Waals surface area contributed by atoms with E-state index in [1.165, 1.54) is 0 Å². The highest BCUT2D eigenvalue weighted by atomic mass is 127. The monoisotopic (exact) mass is 296 g/mol. The maximum Gasteiger partial charge on any atom is 0.102 e. The molecule has 0 N–H and O–H groups in total. The number of nitriles is 2. The SMILES string of the molecule is Cc1c(C)c(I)c(C#N)c(C#N)c1C. The second kappa shape index (κ2) is 3.98. The van der Waals surface area contributed by atoms with E-state index >= 15 is 0 Å². The summed E-state index contributed by atoms with van der Waals surface area (Å²) < 4.78 is 0.893. The molecule has 0 aliphatic heterocycles. The first-order chi connectivity index (χ1) is 6.54. The van der Waals surface area contributed by atoms with Crippen molar-refractivity contribution in [2.75, 3.05) is 0 Å². The third kappa shape index (κ3) is 1.49. The van der Waals surface area contributed by atoms with Gasteiger partial charge in [0.05, 0.1) is 11.1 Å². The lowest BCUT2D eigenvalue weighted by atomic mass is 9.95. The van der Waals surface area contributed by atoms with Gasteiger partial charge in [-0.2, -0.15) is 10.5 Å². The normalized spacial score (nSPS) is 9.29. The van der Waals surface area contributed by atoms with Gasteiger partial charge in [-0.3, -0.25) is 0 Å². The summed E-state index contributed by atoms with van der Waals surface area (Å²) in [7, 11) is 0. The van der Waals surface area contributed by atoms with E-state index in [1.807, 2.05) is 20.8 Å². The summed E-state index contributed by atoms with van der Waals surface area (Å²) in [5.74, 6) is 0. The van der Waals surface area contributed by atoms with E-state index in [2.05, 4.69) is 34.7 Å². The van der Waals surface area contributed by atoms with Crippen molar-refractivity contribution in [3.05, 3.63) is 31.4 Å². The molecule has 0 aliphatic carbocycles. The van der Waals surface area contributed by atoms with Crippen molar-refractivity contribution < 1.29 is 0 Å². The highest BCUT2D eigenvalue weighted by Crippen LogP contribution is 2.27. The summed E-state index contributed by atoms with van der Waals surface area (Å²) in [4.78, 5) is 0. The second-order valence-electron chi connectivity index (χ2n) is 3.16. The van der Waals surface area contributed by atoms with E-state index in [-0.39, 0.29) is 0 Å². The number of nitrogens with zero attached hydrogens (tertiary/aromatic N) is 2. The van der Waals surface area contributed by atoms with Gasteiger partial charge in [0.2, 0.25) is 0 Å². The molecule has 1 aromatic carbocycles. The van der Waals surface area contributed by atoms with Gasteiger partial charge in [-0.15, -0.1) is 0 Å². The van der Waals surface area contributed by atoms with Crippen LogP contribution in [0, 0.1) is 47.0 Å². The summed E-state index contributed by atoms with van der Waals surface area (Å²) in [5, 5.41) is 17.9. The van der Waals surface area contributed by atoms with Crippen LogP contribution in [0.5, 0.6) is 0 Å². The molecule has 0 atom stereocenters. The minimum Gasteiger partial charge on any atom is -0.192 e. The second-order valence-corrected chi connectivity index (χ2v) is 4.24. The van der Waals surface area contributed by atoms with Crippen molar-refractivity contribution in [2.24, 2.45) is 0 Å². The van der Waals surface area contributed by atoms with Gasteiger partial charge >= 0.3 is 0 Å². The Bertz CT molecular complexity index is 431. The van der Waals surface area contributed by atoms with Crippen LogP contribution in [0.2, 0.25) is 0 Å². The fraction of sp³-hybridized carbons (Fsp3) is 0.273. The Kier molecular flexibility index (Phi) is 3.13. The number of hydrogen-bond donors (Lipinski definition) is 0. The minimum atomic E-state index is 0.508. The lowest BCUT2D eigenvalue weighted by Gasteiger charge is -2.11. The quantitative estimate of drug-likeness (QED) is 0.691. The van der Waals surface area contributed by atoms with Gasteiger partial charge in [-0.05, 0) is 60.1 Å². The standard InChI is InChI=1S/C11H9IN2/c1-6-7(2)9(4-13)10(5-14)11(12)8(6)3/h1-3H3. The molecule has 1 rings (SSSR count). The van der Waals surface area contributed by atoms with Crippen molar-refractivity contribution in [3.63, 3.8) is 0 Å². The Morgan fingerprint density at radius 1 is 0.857 bits per heavy atom. The van der Waals surface area contributed by atoms with E-state index in [1.54, 1.807) is 0 Å². The lowest BCUT2D eigenvalue weighted by molar-refractivity contribution is 1.21. The molecule has 0 aliphatic rings. The van der Waals surface area contributed by atoms with Crippen LogP contribution in [0.25, 0.3) is 0 Å². The number of rotatable bonds is 0. The van der Waals surface area contributed by atoms with Crippen LogP contribution in [0.4, 0.5) is 0 Å². The van der Waals surface area contributed by atoms with Gasteiger partial charge in [0, 0.05) is 3.57 Å². The minimum absolute atomic E-state index is 0.508. The summed E-state index contributed by atoms with van der Waals surface area (Å²) >= 11 is 2.12. The molecule has 0 radical (unpaired) electrons. The molecular weight excluding hydrogens is 287 g/mol. The zero-order valence-electron chi connectivity index (χ0n) is 8.27. The van der Waals surface area contributed by atoms with E-state index in [0.717, 1.165) is 20.3 Å². The van der Waals surface area contributed by atoms with Crippen LogP contribution in [0.15, 0.2) is 0 Å². The van der Waals surface area contributed by atoms with Gasteiger partial charge in [-0.25, -0.2) is 0 Å². The lowest BCUT2D eigenvalue weighted by Crippen LogP contribution is -2.00. The summed E-state index contributed by atoms with van der Waals surface area (Å²) in [6.07, 6.45) is 0. The molecule has 0 amide bonds. The first-order valence-corrected chi connectivity index (χ1v) is 5.21. The van der Waals surface area contributed by atoms with Crippen molar-refractivity contribution in [1.82, 2.24) is 0 Å². The average Bonchev–Trinajstić information content (AvgIpc) is 2.20. The van der Waals surface area contributed by atoms with Crippen molar-refractivity contribution >= 4 is 22.6 Å². The third-order valence-electron chi connectivity index (χ3n) is 2.52. The molecule has 0 saturated carbocycles. The topological polar surface area (TPSA) is 47.6 Å². The highest BCUT2D eigenvalue weighted by Gasteiger charge is 2.15. The zero-order valence-corrected chi connectivity index (χ0v) is 10.4. The van der Waals surface area contributed by atoms with Crippen molar-refractivity contribution in [1.29, 1.82) is 10.5 Å². The largest absolute Gasteiger partial charge is 0.192 e. The molecule has 14 heavy (non-hydrogen) atoms. The molecule has 2 nitrogen and oxygen atoms in total. The molecule has 0 bridgehead atoms. The van der Waals surface area contributed by atoms with Crippen LogP contribution < -0.4 is 0 Å². The Labute approximate surface area is 97.3 Å². The number of halogens is 1. The maximum absolute atomic E-state index is 8.97. The van der Waals surface area contributed by atoms with Crippen LogP contribution in [0.3, 0.4) is 0 Å². The van der Waals surface area contributed by atoms with Gasteiger partial charge < -0.3 is 0 Å². The fourth-order valence-electron chi connectivity index (χ4n) is 1.36. The molecular formula is C11H9IN2. The molecule has 0 aromatic heterocycles. The summed E-state index contributed by atoms with van der Waals surface area (Å²) in [6, 6.07) is 4.19. The first-order valence-electron chi connectivity index (χ1n) is 4.14. The molecule has 0 fully saturated rings. The Hall–Kier alpha value is -1.07. The fourth-order valence-corrected chi connectivity index (χ4v) is 2.16. The zero-order chi connectivity index (χ0) is 10.9. The highest BCUT2D eigenvalue weighted by molar-refractivity contribution is 14.1. The third-order valence-corrected chi connectivity index (χ3v) is 3.87. The van der Waals surface area contributed by atoms with E-state index in [9.17, 15) is 0 Å². The summed E-state index contributed by atoms with van der Waals surface area (Å²) in [6.45, 7) is 5.85. The molecule has 70 valence electrons. The van der Waals surface area contributed by atoms with Crippen molar-refractivity contribution in [2.45, 2.75) is 20.8 Å². The average molecular weight is 296 g/mol. The Balaban J connectivity index is 3.79. The molecule has 1 aromatic rings. The predicted octanol–water partition coefficient (Wildman–Crippen LogP) is 2.96. The molecule has 0 unspecified atom stereocenters. The van der Waals surface area contributed by atoms with Crippen LogP contribution in [0.1, 0.15) is 27.8 Å². The molecule has 0 saturated heterocycles. The predicted molar refractivity (Wildman–Crippen MR) is 62.8 cm³/mol.